The number of carbonyl (C=O) groups is 2. The van der Waals surface area contributed by atoms with E-state index < -0.39 is 5.97 Å². The highest BCUT2D eigenvalue weighted by molar-refractivity contribution is 5.96. The van der Waals surface area contributed by atoms with Crippen LogP contribution in [0.2, 0.25) is 0 Å². The van der Waals surface area contributed by atoms with Crippen molar-refractivity contribution in [2.24, 2.45) is 0 Å². The van der Waals surface area contributed by atoms with Gasteiger partial charge in [-0.15, -0.1) is 0 Å². The monoisotopic (exact) mass is 341 g/mol. The van der Waals surface area contributed by atoms with Gasteiger partial charge in [0.25, 0.3) is 0 Å². The van der Waals surface area contributed by atoms with Gasteiger partial charge in [-0.3, -0.25) is 4.79 Å². The minimum Gasteiger partial charge on any atom is -0.507 e. The van der Waals surface area contributed by atoms with Gasteiger partial charge in [0.05, 0.1) is 13.7 Å². The molecule has 0 radical (unpaired) electrons. The second kappa shape index (κ2) is 6.84. The number of ether oxygens (including phenoxy) is 2. The van der Waals surface area contributed by atoms with Crippen molar-refractivity contribution in [2.45, 2.75) is 19.3 Å². The van der Waals surface area contributed by atoms with Crippen molar-refractivity contribution in [1.29, 1.82) is 0 Å². The molecule has 0 aromatic heterocycles. The second-order valence-electron chi connectivity index (χ2n) is 5.76. The Kier molecular flexibility index (Phi) is 4.61. The lowest BCUT2D eigenvalue weighted by Gasteiger charge is -2.26. The summed E-state index contributed by atoms with van der Waals surface area (Å²) in [5.74, 6) is -0.417. The van der Waals surface area contributed by atoms with Crippen LogP contribution in [0.25, 0.3) is 0 Å². The maximum atomic E-state index is 12.1. The first-order chi connectivity index (χ1) is 12.0. The Morgan fingerprint density at radius 3 is 2.80 bits per heavy atom. The van der Waals surface area contributed by atoms with Gasteiger partial charge in [-0.25, -0.2) is 4.79 Å². The van der Waals surface area contributed by atoms with E-state index in [0.29, 0.717) is 18.0 Å². The largest absolute Gasteiger partial charge is 0.507 e. The van der Waals surface area contributed by atoms with Crippen molar-refractivity contribution < 1.29 is 24.2 Å². The lowest BCUT2D eigenvalue weighted by atomic mass is 9.84. The summed E-state index contributed by atoms with van der Waals surface area (Å²) in [6.07, 6.45) is 0.256. The molecule has 0 unspecified atom stereocenters. The highest BCUT2D eigenvalue weighted by Crippen LogP contribution is 2.39. The molecule has 0 saturated carbocycles. The number of methoxy groups -OCH3 is 1. The summed E-state index contributed by atoms with van der Waals surface area (Å²) in [4.78, 5) is 23.9. The zero-order valence-electron chi connectivity index (χ0n) is 14.0. The number of phenols is 1. The molecule has 1 aliphatic rings. The van der Waals surface area contributed by atoms with Crippen molar-refractivity contribution in [3.63, 3.8) is 0 Å². The van der Waals surface area contributed by atoms with Crippen LogP contribution in [0.4, 0.5) is 5.69 Å². The van der Waals surface area contributed by atoms with Crippen LogP contribution in [-0.2, 0) is 9.53 Å². The molecular weight excluding hydrogens is 322 g/mol. The SMILES string of the molecule is CCOc1ccc2c(c1)NC(=O)C[C@@H]2c1ccc(O)c(C(=O)OC)c1. The molecular formula is C19H19NO5. The van der Waals surface area contributed by atoms with Crippen LogP contribution >= 0.6 is 0 Å². The van der Waals surface area contributed by atoms with E-state index >= 15 is 0 Å². The van der Waals surface area contributed by atoms with Gasteiger partial charge in [-0.05, 0) is 36.2 Å². The molecule has 130 valence electrons. The number of nitrogens with one attached hydrogen (secondary N) is 1. The fraction of sp³-hybridized carbons (Fsp3) is 0.263. The van der Waals surface area contributed by atoms with Crippen LogP contribution in [0.1, 0.15) is 40.7 Å². The van der Waals surface area contributed by atoms with Crippen molar-refractivity contribution in [1.82, 2.24) is 0 Å². The first-order valence-corrected chi connectivity index (χ1v) is 8.01. The molecule has 1 aliphatic heterocycles. The van der Waals surface area contributed by atoms with Crippen LogP contribution in [0.15, 0.2) is 36.4 Å². The summed E-state index contributed by atoms with van der Waals surface area (Å²) in [6, 6.07) is 10.3. The fourth-order valence-electron chi connectivity index (χ4n) is 3.04. The summed E-state index contributed by atoms with van der Waals surface area (Å²) in [7, 11) is 1.26. The van der Waals surface area contributed by atoms with Crippen LogP contribution in [-0.4, -0.2) is 30.7 Å². The summed E-state index contributed by atoms with van der Waals surface area (Å²) in [6.45, 7) is 2.43. The van der Waals surface area contributed by atoms with E-state index in [1.54, 1.807) is 18.2 Å². The third-order valence-corrected chi connectivity index (χ3v) is 4.20. The van der Waals surface area contributed by atoms with Gasteiger partial charge in [0.1, 0.15) is 17.1 Å². The Balaban J connectivity index is 2.04. The Labute approximate surface area is 145 Å². The number of esters is 1. The van der Waals surface area contributed by atoms with Crippen LogP contribution in [0.5, 0.6) is 11.5 Å². The summed E-state index contributed by atoms with van der Waals surface area (Å²) < 4.78 is 10.2. The highest BCUT2D eigenvalue weighted by Gasteiger charge is 2.28. The predicted octanol–water partition coefficient (Wildman–Crippen LogP) is 3.05. The van der Waals surface area contributed by atoms with Crippen LogP contribution in [0.3, 0.4) is 0 Å². The molecule has 0 aliphatic carbocycles. The number of phenolic OH excluding ortho intramolecular Hbond substituents is 1. The van der Waals surface area contributed by atoms with E-state index in [1.165, 1.54) is 13.2 Å². The molecule has 1 heterocycles. The van der Waals surface area contributed by atoms with Gasteiger partial charge >= 0.3 is 5.97 Å². The number of benzene rings is 2. The number of carbonyl (C=O) groups excluding carboxylic acids is 2. The Morgan fingerprint density at radius 1 is 1.28 bits per heavy atom. The lowest BCUT2D eigenvalue weighted by Crippen LogP contribution is -2.23. The van der Waals surface area contributed by atoms with Gasteiger partial charge in [0, 0.05) is 24.1 Å². The molecule has 1 atom stereocenters. The van der Waals surface area contributed by atoms with E-state index in [-0.39, 0.29) is 29.6 Å². The average Bonchev–Trinajstić information content (AvgIpc) is 2.61. The smallest absolute Gasteiger partial charge is 0.341 e. The zero-order valence-corrected chi connectivity index (χ0v) is 14.0. The van der Waals surface area contributed by atoms with Gasteiger partial charge in [0.15, 0.2) is 0 Å². The highest BCUT2D eigenvalue weighted by atomic mass is 16.5. The molecule has 2 aromatic rings. The van der Waals surface area contributed by atoms with Crippen molar-refractivity contribution >= 4 is 17.6 Å². The average molecular weight is 341 g/mol. The van der Waals surface area contributed by atoms with Gasteiger partial charge in [0.2, 0.25) is 5.91 Å². The molecule has 0 spiro atoms. The van der Waals surface area contributed by atoms with E-state index in [9.17, 15) is 14.7 Å². The Hall–Kier alpha value is -3.02. The number of rotatable bonds is 4. The molecule has 0 bridgehead atoms. The lowest BCUT2D eigenvalue weighted by molar-refractivity contribution is -0.116. The minimum absolute atomic E-state index is 0.0819. The summed E-state index contributed by atoms with van der Waals surface area (Å²) in [5, 5.41) is 12.7. The van der Waals surface area contributed by atoms with Crippen molar-refractivity contribution in [3.8, 4) is 11.5 Å². The van der Waals surface area contributed by atoms with Crippen molar-refractivity contribution in [3.05, 3.63) is 53.1 Å². The third-order valence-electron chi connectivity index (χ3n) is 4.20. The molecule has 0 fully saturated rings. The molecule has 0 saturated heterocycles. The van der Waals surface area contributed by atoms with E-state index in [2.05, 4.69) is 5.32 Å². The topological polar surface area (TPSA) is 84.9 Å². The summed E-state index contributed by atoms with van der Waals surface area (Å²) in [5.41, 5.74) is 2.47. The molecule has 1 amide bonds. The number of anilines is 1. The van der Waals surface area contributed by atoms with E-state index in [0.717, 1.165) is 11.1 Å². The maximum Gasteiger partial charge on any atom is 0.341 e. The predicted molar refractivity (Wildman–Crippen MR) is 92.1 cm³/mol. The maximum absolute atomic E-state index is 12.1. The first-order valence-electron chi connectivity index (χ1n) is 8.01. The number of fused-ring (bicyclic) bond motifs is 1. The number of hydrogen-bond acceptors (Lipinski definition) is 5. The number of aromatic hydroxyl groups is 1. The van der Waals surface area contributed by atoms with Crippen LogP contribution < -0.4 is 10.1 Å². The van der Waals surface area contributed by atoms with Crippen LogP contribution in [0, 0.1) is 0 Å². The Morgan fingerprint density at radius 2 is 2.08 bits per heavy atom. The molecule has 2 aromatic carbocycles. The molecule has 6 nitrogen and oxygen atoms in total. The van der Waals surface area contributed by atoms with E-state index in [1.807, 2.05) is 19.1 Å². The third kappa shape index (κ3) is 3.28. The zero-order chi connectivity index (χ0) is 18.0. The molecule has 3 rings (SSSR count). The standard InChI is InChI=1S/C19H19NO5/c1-3-25-12-5-6-13-14(10-18(22)20-16(13)9-12)11-4-7-17(21)15(8-11)19(23)24-2/h4-9,14,21H,3,10H2,1-2H3,(H,20,22)/t14-/m1/s1. The van der Waals surface area contributed by atoms with Gasteiger partial charge in [-0.1, -0.05) is 12.1 Å². The molecule has 25 heavy (non-hydrogen) atoms. The molecule has 6 heteroatoms. The quantitative estimate of drug-likeness (QED) is 0.835. The number of hydrogen-bond donors (Lipinski definition) is 2. The minimum atomic E-state index is -0.619. The Bertz CT molecular complexity index is 831. The fourth-order valence-corrected chi connectivity index (χ4v) is 3.04. The summed E-state index contributed by atoms with van der Waals surface area (Å²) >= 11 is 0. The normalized spacial score (nSPS) is 15.9. The van der Waals surface area contributed by atoms with Gasteiger partial charge < -0.3 is 19.9 Å². The molecule has 2 N–H and O–H groups in total. The van der Waals surface area contributed by atoms with Gasteiger partial charge in [-0.2, -0.15) is 0 Å². The van der Waals surface area contributed by atoms with E-state index in [4.69, 9.17) is 9.47 Å². The number of amides is 1. The van der Waals surface area contributed by atoms with Crippen molar-refractivity contribution in [2.75, 3.05) is 19.0 Å². The first kappa shape index (κ1) is 16.8. The second-order valence-corrected chi connectivity index (χ2v) is 5.76.